The summed E-state index contributed by atoms with van der Waals surface area (Å²) in [7, 11) is 0. The number of nitriles is 1. The van der Waals surface area contributed by atoms with Crippen molar-refractivity contribution in [1.29, 1.82) is 5.26 Å². The summed E-state index contributed by atoms with van der Waals surface area (Å²) in [4.78, 5) is 21.1. The predicted molar refractivity (Wildman–Crippen MR) is 112 cm³/mol. The minimum absolute atomic E-state index is 0.00171. The van der Waals surface area contributed by atoms with Crippen LogP contribution in [-0.4, -0.2) is 19.6 Å². The molecule has 31 heavy (non-hydrogen) atoms. The Morgan fingerprint density at radius 1 is 1.13 bits per heavy atom. The third-order valence-electron chi connectivity index (χ3n) is 4.44. The van der Waals surface area contributed by atoms with Crippen LogP contribution in [0.1, 0.15) is 17.1 Å². The highest BCUT2D eigenvalue weighted by molar-refractivity contribution is 6.32. The Bertz CT molecular complexity index is 1480. The van der Waals surface area contributed by atoms with Crippen molar-refractivity contribution in [3.05, 3.63) is 98.8 Å². The van der Waals surface area contributed by atoms with Gasteiger partial charge >= 0.3 is 0 Å². The zero-order valence-electron chi connectivity index (χ0n) is 15.6. The third-order valence-corrected chi connectivity index (χ3v) is 4.76. The normalized spacial score (nSPS) is 11.5. The Hall–Kier alpha value is -4.09. The van der Waals surface area contributed by atoms with Crippen LogP contribution in [0.3, 0.4) is 0 Å². The lowest BCUT2D eigenvalue weighted by Crippen LogP contribution is -2.23. The summed E-state index contributed by atoms with van der Waals surface area (Å²) >= 11 is 6.26. The summed E-state index contributed by atoms with van der Waals surface area (Å²) in [6.07, 6.45) is 1.07. The molecule has 0 fully saturated rings. The number of aliphatic hydroxyl groups excluding tert-OH is 1. The molecule has 9 heteroatoms. The molecule has 4 rings (SSSR count). The zero-order valence-corrected chi connectivity index (χ0v) is 16.3. The van der Waals surface area contributed by atoms with E-state index in [1.165, 1.54) is 12.1 Å². The second-order valence-corrected chi connectivity index (χ2v) is 6.80. The highest BCUT2D eigenvalue weighted by atomic mass is 35.5. The zero-order chi connectivity index (χ0) is 22.1. The summed E-state index contributed by atoms with van der Waals surface area (Å²) in [6.45, 7) is 0. The molecule has 2 aromatic carbocycles. The number of hydrogen-bond acceptors (Lipinski definition) is 5. The van der Waals surface area contributed by atoms with Crippen LogP contribution in [0.2, 0.25) is 5.02 Å². The van der Waals surface area contributed by atoms with Crippen LogP contribution in [0.5, 0.6) is 0 Å². The molecule has 6 nitrogen and oxygen atoms in total. The maximum atomic E-state index is 13.8. The van der Waals surface area contributed by atoms with Crippen molar-refractivity contribution in [2.75, 3.05) is 0 Å². The van der Waals surface area contributed by atoms with Gasteiger partial charge in [0, 0.05) is 6.08 Å². The molecule has 0 radical (unpaired) electrons. The molecule has 0 spiro atoms. The van der Waals surface area contributed by atoms with Crippen molar-refractivity contribution in [2.45, 2.75) is 0 Å². The Balaban J connectivity index is 2.05. The molecular weight excluding hydrogens is 426 g/mol. The first kappa shape index (κ1) is 20.2. The lowest BCUT2D eigenvalue weighted by Gasteiger charge is -2.13. The number of aromatic nitrogens is 3. The minimum atomic E-state index is -0.903. The molecule has 4 aromatic rings. The SMILES string of the molecule is N#Cc1ccc(F)nc1C(O)=Cc1nc2ccc(F)cc2c(=O)n1-c1ccccc1Cl. The number of nitrogens with zero attached hydrogens (tertiary/aromatic N) is 4. The van der Waals surface area contributed by atoms with Crippen molar-refractivity contribution in [3.8, 4) is 11.8 Å². The molecule has 0 saturated carbocycles. The summed E-state index contributed by atoms with van der Waals surface area (Å²) in [5.41, 5.74) is -0.628. The van der Waals surface area contributed by atoms with Crippen LogP contribution >= 0.6 is 11.6 Å². The monoisotopic (exact) mass is 436 g/mol. The average molecular weight is 437 g/mol. The van der Waals surface area contributed by atoms with Crippen molar-refractivity contribution < 1.29 is 13.9 Å². The topological polar surface area (TPSA) is 91.8 Å². The molecule has 2 aromatic heterocycles. The lowest BCUT2D eigenvalue weighted by molar-refractivity contribution is 0.505. The highest BCUT2D eigenvalue weighted by Gasteiger charge is 2.17. The van der Waals surface area contributed by atoms with E-state index in [0.29, 0.717) is 0 Å². The fourth-order valence-corrected chi connectivity index (χ4v) is 3.27. The molecule has 0 aliphatic heterocycles. The van der Waals surface area contributed by atoms with E-state index in [4.69, 9.17) is 11.6 Å². The molecule has 1 N–H and O–H groups in total. The third kappa shape index (κ3) is 3.74. The van der Waals surface area contributed by atoms with Crippen molar-refractivity contribution >= 4 is 34.3 Å². The van der Waals surface area contributed by atoms with Crippen molar-refractivity contribution in [1.82, 2.24) is 14.5 Å². The number of halogens is 3. The number of hydrogen-bond donors (Lipinski definition) is 1. The predicted octanol–water partition coefficient (Wildman–Crippen LogP) is 4.64. The van der Waals surface area contributed by atoms with Gasteiger partial charge in [-0.25, -0.2) is 14.4 Å². The molecule has 0 bridgehead atoms. The number of benzene rings is 2. The highest BCUT2D eigenvalue weighted by Crippen LogP contribution is 2.24. The van der Waals surface area contributed by atoms with E-state index in [9.17, 15) is 23.9 Å². The van der Waals surface area contributed by atoms with Gasteiger partial charge in [-0.3, -0.25) is 9.36 Å². The standard InChI is InChI=1S/C22H11ClF2N4O2/c23-15-3-1-2-4-17(15)29-20(27-16-7-6-13(24)9-14(16)22(29)31)10-18(30)21-12(11-26)5-8-19(25)28-21/h1-10,30H. The maximum Gasteiger partial charge on any atom is 0.266 e. The largest absolute Gasteiger partial charge is 0.505 e. The van der Waals surface area contributed by atoms with Gasteiger partial charge in [0.15, 0.2) is 0 Å². The van der Waals surface area contributed by atoms with Gasteiger partial charge in [-0.05, 0) is 42.5 Å². The van der Waals surface area contributed by atoms with Crippen LogP contribution < -0.4 is 5.56 Å². The van der Waals surface area contributed by atoms with Gasteiger partial charge in [0.05, 0.1) is 27.2 Å². The Kier molecular flexibility index (Phi) is 5.19. The fraction of sp³-hybridized carbons (Fsp3) is 0. The summed E-state index contributed by atoms with van der Waals surface area (Å²) in [5, 5.41) is 20.0. The van der Waals surface area contributed by atoms with E-state index in [0.717, 1.165) is 28.8 Å². The molecule has 2 heterocycles. The van der Waals surface area contributed by atoms with E-state index >= 15 is 0 Å². The van der Waals surface area contributed by atoms with Gasteiger partial charge in [0.1, 0.15) is 29.2 Å². The van der Waals surface area contributed by atoms with Gasteiger partial charge in [0.25, 0.3) is 5.56 Å². The van der Waals surface area contributed by atoms with Gasteiger partial charge in [-0.1, -0.05) is 23.7 Å². The Morgan fingerprint density at radius 3 is 2.65 bits per heavy atom. The molecule has 0 amide bonds. The van der Waals surface area contributed by atoms with Crippen molar-refractivity contribution in [2.24, 2.45) is 0 Å². The molecule has 0 aliphatic rings. The van der Waals surface area contributed by atoms with Gasteiger partial charge < -0.3 is 5.11 Å². The number of pyridine rings is 1. The van der Waals surface area contributed by atoms with Crippen LogP contribution in [-0.2, 0) is 0 Å². The summed E-state index contributed by atoms with van der Waals surface area (Å²) in [5.74, 6) is -2.19. The Labute approximate surface area is 178 Å². The van der Waals surface area contributed by atoms with Gasteiger partial charge in [-0.15, -0.1) is 0 Å². The second-order valence-electron chi connectivity index (χ2n) is 6.39. The summed E-state index contributed by atoms with van der Waals surface area (Å²) in [6, 6.07) is 13.9. The van der Waals surface area contributed by atoms with Crippen molar-refractivity contribution in [3.63, 3.8) is 0 Å². The van der Waals surface area contributed by atoms with Crippen LogP contribution in [0, 0.1) is 23.1 Å². The second kappa shape index (κ2) is 7.97. The maximum absolute atomic E-state index is 13.8. The first-order chi connectivity index (χ1) is 14.9. The van der Waals surface area contributed by atoms with E-state index in [1.54, 1.807) is 24.3 Å². The van der Waals surface area contributed by atoms with Crippen LogP contribution in [0.15, 0.2) is 59.4 Å². The first-order valence-corrected chi connectivity index (χ1v) is 9.21. The smallest absolute Gasteiger partial charge is 0.266 e. The van der Waals surface area contributed by atoms with Gasteiger partial charge in [0.2, 0.25) is 5.95 Å². The number of aliphatic hydroxyl groups is 1. The molecular formula is C22H11ClF2N4O2. The van der Waals surface area contributed by atoms with Crippen LogP contribution in [0.25, 0.3) is 28.4 Å². The fourth-order valence-electron chi connectivity index (χ4n) is 3.05. The molecule has 0 unspecified atom stereocenters. The molecule has 0 atom stereocenters. The first-order valence-electron chi connectivity index (χ1n) is 8.84. The lowest BCUT2D eigenvalue weighted by atomic mass is 10.1. The van der Waals surface area contributed by atoms with Gasteiger partial charge in [-0.2, -0.15) is 9.65 Å². The van der Waals surface area contributed by atoms with E-state index in [1.807, 2.05) is 6.07 Å². The van der Waals surface area contributed by atoms with Crippen LogP contribution in [0.4, 0.5) is 8.78 Å². The minimum Gasteiger partial charge on any atom is -0.505 e. The quantitative estimate of drug-likeness (QED) is 0.373. The molecule has 0 aliphatic carbocycles. The van der Waals surface area contributed by atoms with E-state index in [-0.39, 0.29) is 38.7 Å². The number of fused-ring (bicyclic) bond motifs is 1. The molecule has 0 saturated heterocycles. The summed E-state index contributed by atoms with van der Waals surface area (Å²) < 4.78 is 28.5. The van der Waals surface area contributed by atoms with E-state index < -0.39 is 23.1 Å². The van der Waals surface area contributed by atoms with E-state index in [2.05, 4.69) is 9.97 Å². The Morgan fingerprint density at radius 2 is 1.90 bits per heavy atom. The average Bonchev–Trinajstić information content (AvgIpc) is 2.75. The number of para-hydroxylation sites is 1. The molecule has 152 valence electrons. The number of rotatable bonds is 3.